The number of aliphatic imine (C=N–C) groups is 1. The third-order valence-electron chi connectivity index (χ3n) is 5.47. The Morgan fingerprint density at radius 3 is 1.31 bits per heavy atom. The van der Waals surface area contributed by atoms with E-state index in [1.54, 1.807) is 0 Å². The summed E-state index contributed by atoms with van der Waals surface area (Å²) in [4.78, 5) is 15.8. The lowest BCUT2D eigenvalue weighted by atomic mass is 10.0. The Morgan fingerprint density at radius 2 is 0.931 bits per heavy atom. The van der Waals surface area contributed by atoms with Crippen molar-refractivity contribution >= 4 is 24.1 Å². The van der Waals surface area contributed by atoms with Crippen LogP contribution in [0, 0.1) is 0 Å². The smallest absolute Gasteiger partial charge is 0.185 e. The Bertz CT molecular complexity index is 371. The molecular weight excluding hydrogens is 382 g/mol. The Balaban J connectivity index is 0. The van der Waals surface area contributed by atoms with Crippen molar-refractivity contribution in [2.24, 2.45) is 16.5 Å². The van der Waals surface area contributed by atoms with E-state index >= 15 is 0 Å². The average molecular weight is 432 g/mol. The highest BCUT2D eigenvalue weighted by atomic mass is 35.5. The van der Waals surface area contributed by atoms with Crippen LogP contribution in [0.4, 0.5) is 0 Å². The number of guanidine groups is 1. The first-order chi connectivity index (χ1) is 13.7. The van der Waals surface area contributed by atoms with E-state index in [1.165, 1.54) is 89.9 Å². The van der Waals surface area contributed by atoms with Crippen molar-refractivity contribution in [1.82, 2.24) is 0 Å². The monoisotopic (exact) mass is 431 g/mol. The van der Waals surface area contributed by atoms with Gasteiger partial charge in [-0.05, 0) is 19.3 Å². The van der Waals surface area contributed by atoms with Crippen LogP contribution in [0.3, 0.4) is 0 Å². The maximum absolute atomic E-state index is 11.9. The van der Waals surface area contributed by atoms with Gasteiger partial charge in [0.25, 0.3) is 0 Å². The Morgan fingerprint density at radius 1 is 0.586 bits per heavy atom. The van der Waals surface area contributed by atoms with Gasteiger partial charge in [-0.25, -0.2) is 0 Å². The molecule has 0 aliphatic heterocycles. The van der Waals surface area contributed by atoms with E-state index in [-0.39, 0.29) is 18.4 Å². The predicted molar refractivity (Wildman–Crippen MR) is 131 cm³/mol. The van der Waals surface area contributed by atoms with Gasteiger partial charge in [-0.15, -0.1) is 12.4 Å². The molecule has 29 heavy (non-hydrogen) atoms. The van der Waals surface area contributed by atoms with Gasteiger partial charge in [0.1, 0.15) is 5.78 Å². The van der Waals surface area contributed by atoms with Crippen LogP contribution in [0.5, 0.6) is 0 Å². The fraction of sp³-hybridized carbons (Fsp3) is 0.917. The molecule has 174 valence electrons. The van der Waals surface area contributed by atoms with Crippen LogP contribution < -0.4 is 11.5 Å². The molecule has 0 saturated carbocycles. The fourth-order valence-corrected chi connectivity index (χ4v) is 3.64. The van der Waals surface area contributed by atoms with Crippen molar-refractivity contribution in [2.45, 2.75) is 135 Å². The Hall–Kier alpha value is -0.770. The second kappa shape index (κ2) is 25.3. The van der Waals surface area contributed by atoms with E-state index < -0.39 is 0 Å². The molecule has 0 amide bonds. The van der Waals surface area contributed by atoms with Gasteiger partial charge in [-0.3, -0.25) is 9.79 Å². The number of nitrogens with zero attached hydrogens (tertiary/aromatic N) is 1. The molecule has 0 atom stereocenters. The zero-order valence-electron chi connectivity index (χ0n) is 19.3. The lowest BCUT2D eigenvalue weighted by molar-refractivity contribution is -0.119. The summed E-state index contributed by atoms with van der Waals surface area (Å²) in [5.41, 5.74) is 10.6. The number of carbonyl (C=O) groups excluding carboxylic acids is 1. The van der Waals surface area contributed by atoms with Gasteiger partial charge in [0.15, 0.2) is 5.96 Å². The van der Waals surface area contributed by atoms with Gasteiger partial charge < -0.3 is 11.5 Å². The van der Waals surface area contributed by atoms with Crippen LogP contribution in [-0.2, 0) is 4.79 Å². The molecule has 0 saturated heterocycles. The summed E-state index contributed by atoms with van der Waals surface area (Å²) in [5.74, 6) is 0.584. The third-order valence-corrected chi connectivity index (χ3v) is 5.47. The third kappa shape index (κ3) is 27.2. The van der Waals surface area contributed by atoms with Gasteiger partial charge in [0.2, 0.25) is 0 Å². The quantitative estimate of drug-likeness (QED) is 0.109. The van der Waals surface area contributed by atoms with Gasteiger partial charge in [0, 0.05) is 19.4 Å². The molecule has 0 aliphatic carbocycles. The lowest BCUT2D eigenvalue weighted by Gasteiger charge is -2.04. The maximum Gasteiger partial charge on any atom is 0.185 e. The molecule has 0 bridgehead atoms. The number of hydrogen-bond donors (Lipinski definition) is 2. The molecule has 0 radical (unpaired) electrons. The number of hydrogen-bond acceptors (Lipinski definition) is 2. The number of unbranched alkanes of at least 4 members (excludes halogenated alkanes) is 16. The summed E-state index contributed by atoms with van der Waals surface area (Å²) in [6, 6.07) is 0. The number of ketones is 1. The standard InChI is InChI=1S/C24H49N3O.ClH/c1-2-3-4-5-6-7-8-9-10-11-12-13-14-15-17-20-23(28)21-18-16-19-22-27-24(25)26;/h2-22H2,1H3,(H4,25,26,27);1H. The second-order valence-electron chi connectivity index (χ2n) is 8.36. The van der Waals surface area contributed by atoms with Gasteiger partial charge >= 0.3 is 0 Å². The molecule has 0 aromatic carbocycles. The first kappa shape index (κ1) is 30.4. The lowest BCUT2D eigenvalue weighted by Crippen LogP contribution is -2.22. The molecule has 0 unspecified atom stereocenters. The molecule has 0 spiro atoms. The van der Waals surface area contributed by atoms with E-state index in [4.69, 9.17) is 11.5 Å². The molecule has 4 N–H and O–H groups in total. The molecule has 5 heteroatoms. The van der Waals surface area contributed by atoms with Crippen molar-refractivity contribution in [3.8, 4) is 0 Å². The first-order valence-corrected chi connectivity index (χ1v) is 12.2. The summed E-state index contributed by atoms with van der Waals surface area (Å²) >= 11 is 0. The number of carbonyl (C=O) groups is 1. The maximum atomic E-state index is 11.9. The molecule has 4 nitrogen and oxygen atoms in total. The van der Waals surface area contributed by atoms with E-state index in [2.05, 4.69) is 11.9 Å². The number of Topliss-reactive ketones (excluding diaryl/α,β-unsaturated/α-hetero) is 1. The zero-order chi connectivity index (χ0) is 20.7. The number of nitrogens with two attached hydrogens (primary N) is 2. The minimum Gasteiger partial charge on any atom is -0.370 e. The van der Waals surface area contributed by atoms with Crippen LogP contribution >= 0.6 is 12.4 Å². The summed E-state index contributed by atoms with van der Waals surface area (Å²) in [7, 11) is 0. The summed E-state index contributed by atoms with van der Waals surface area (Å²) < 4.78 is 0. The SMILES string of the molecule is CCCCCCCCCCCCCCCCCC(=O)CCCCCN=C(N)N.Cl. The van der Waals surface area contributed by atoms with Crippen molar-refractivity contribution in [3.63, 3.8) is 0 Å². The molecular formula is C24H50ClN3O. The number of halogens is 1. The predicted octanol–water partition coefficient (Wildman–Crippen LogP) is 7.07. The largest absolute Gasteiger partial charge is 0.370 e. The molecule has 0 aromatic heterocycles. The van der Waals surface area contributed by atoms with Gasteiger partial charge in [-0.2, -0.15) is 0 Å². The molecule has 0 rings (SSSR count). The van der Waals surface area contributed by atoms with Crippen molar-refractivity contribution < 1.29 is 4.79 Å². The van der Waals surface area contributed by atoms with E-state index in [0.29, 0.717) is 12.3 Å². The van der Waals surface area contributed by atoms with Gasteiger partial charge in [0.05, 0.1) is 0 Å². The van der Waals surface area contributed by atoms with Gasteiger partial charge in [-0.1, -0.05) is 103 Å². The van der Waals surface area contributed by atoms with E-state index in [1.807, 2.05) is 0 Å². The van der Waals surface area contributed by atoms with E-state index in [9.17, 15) is 4.79 Å². The minimum absolute atomic E-state index is 0. The van der Waals surface area contributed by atoms with E-state index in [0.717, 1.165) is 38.5 Å². The highest BCUT2D eigenvalue weighted by Gasteiger charge is 2.02. The van der Waals surface area contributed by atoms with Crippen LogP contribution in [0.15, 0.2) is 4.99 Å². The second-order valence-corrected chi connectivity index (χ2v) is 8.36. The molecule has 0 aromatic rings. The van der Waals surface area contributed by atoms with Crippen LogP contribution in [0.1, 0.15) is 135 Å². The van der Waals surface area contributed by atoms with Crippen LogP contribution in [-0.4, -0.2) is 18.3 Å². The van der Waals surface area contributed by atoms with Crippen molar-refractivity contribution in [2.75, 3.05) is 6.54 Å². The molecule has 0 heterocycles. The topological polar surface area (TPSA) is 81.5 Å². The normalized spacial score (nSPS) is 10.5. The summed E-state index contributed by atoms with van der Waals surface area (Å²) in [5, 5.41) is 0. The molecule has 0 aliphatic rings. The van der Waals surface area contributed by atoms with Crippen molar-refractivity contribution in [1.29, 1.82) is 0 Å². The first-order valence-electron chi connectivity index (χ1n) is 12.2. The fourth-order valence-electron chi connectivity index (χ4n) is 3.64. The molecule has 0 fully saturated rings. The number of rotatable bonds is 22. The summed E-state index contributed by atoms with van der Waals surface area (Å²) in [6.45, 7) is 2.96. The zero-order valence-corrected chi connectivity index (χ0v) is 20.1. The van der Waals surface area contributed by atoms with Crippen LogP contribution in [0.25, 0.3) is 0 Å². The van der Waals surface area contributed by atoms with Crippen LogP contribution in [0.2, 0.25) is 0 Å². The average Bonchev–Trinajstić information content (AvgIpc) is 2.67. The Kier molecular flexibility index (Phi) is 26.5. The highest BCUT2D eigenvalue weighted by molar-refractivity contribution is 5.85. The Labute approximate surface area is 187 Å². The minimum atomic E-state index is 0. The summed E-state index contributed by atoms with van der Waals surface area (Å²) in [6.07, 6.45) is 24.9. The highest BCUT2D eigenvalue weighted by Crippen LogP contribution is 2.14. The van der Waals surface area contributed by atoms with Crippen molar-refractivity contribution in [3.05, 3.63) is 0 Å².